The van der Waals surface area contributed by atoms with E-state index in [4.69, 9.17) is 0 Å². The molecule has 1 aliphatic carbocycles. The standard InChI is InChI=1S/C18H26N4O2/c1-13(2)17(23)20-15-6-7-16(19-12-15)21-8-3-9-22(11-10-21)18(24)14-4-5-14/h6-7,12-14H,3-5,8-11H2,1-2H3,(H,20,23). The number of nitrogens with zero attached hydrogens (tertiary/aromatic N) is 3. The van der Waals surface area contributed by atoms with Gasteiger partial charge in [-0.15, -0.1) is 0 Å². The van der Waals surface area contributed by atoms with E-state index in [2.05, 4.69) is 15.2 Å². The molecule has 2 aliphatic rings. The van der Waals surface area contributed by atoms with Crippen LogP contribution in [0.5, 0.6) is 0 Å². The maximum Gasteiger partial charge on any atom is 0.226 e. The summed E-state index contributed by atoms with van der Waals surface area (Å²) >= 11 is 0. The molecule has 1 aromatic heterocycles. The lowest BCUT2D eigenvalue weighted by Gasteiger charge is -2.23. The highest BCUT2D eigenvalue weighted by Gasteiger charge is 2.33. The topological polar surface area (TPSA) is 65.5 Å². The normalized spacial score (nSPS) is 18.5. The molecule has 1 aromatic rings. The molecule has 0 bridgehead atoms. The Balaban J connectivity index is 1.58. The van der Waals surface area contributed by atoms with Crippen molar-refractivity contribution in [2.75, 3.05) is 36.4 Å². The first-order chi connectivity index (χ1) is 11.5. The number of amides is 2. The van der Waals surface area contributed by atoms with Gasteiger partial charge in [0.2, 0.25) is 11.8 Å². The molecule has 0 atom stereocenters. The van der Waals surface area contributed by atoms with Gasteiger partial charge < -0.3 is 15.1 Å². The van der Waals surface area contributed by atoms with Crippen LogP contribution in [0.2, 0.25) is 0 Å². The van der Waals surface area contributed by atoms with Crippen LogP contribution >= 0.6 is 0 Å². The van der Waals surface area contributed by atoms with Crippen LogP contribution < -0.4 is 10.2 Å². The Labute approximate surface area is 143 Å². The van der Waals surface area contributed by atoms with Crippen LogP contribution in [-0.4, -0.2) is 47.9 Å². The zero-order chi connectivity index (χ0) is 17.1. The highest BCUT2D eigenvalue weighted by molar-refractivity contribution is 5.91. The Kier molecular flexibility index (Phi) is 5.02. The van der Waals surface area contributed by atoms with Crippen molar-refractivity contribution in [2.45, 2.75) is 33.1 Å². The third-order valence-corrected chi connectivity index (χ3v) is 4.60. The molecular weight excluding hydrogens is 304 g/mol. The zero-order valence-corrected chi connectivity index (χ0v) is 14.5. The number of hydrogen-bond donors (Lipinski definition) is 1. The fourth-order valence-corrected chi connectivity index (χ4v) is 2.89. The first-order valence-corrected chi connectivity index (χ1v) is 8.85. The molecule has 2 amide bonds. The molecule has 0 radical (unpaired) electrons. The summed E-state index contributed by atoms with van der Waals surface area (Å²) in [4.78, 5) is 32.6. The van der Waals surface area contributed by atoms with E-state index in [1.54, 1.807) is 6.20 Å². The SMILES string of the molecule is CC(C)C(=O)Nc1ccc(N2CCCN(C(=O)C3CC3)CC2)nc1. The fourth-order valence-electron chi connectivity index (χ4n) is 2.89. The molecule has 3 rings (SSSR count). The second-order valence-corrected chi connectivity index (χ2v) is 6.99. The number of carbonyl (C=O) groups is 2. The van der Waals surface area contributed by atoms with Crippen molar-refractivity contribution in [2.24, 2.45) is 11.8 Å². The van der Waals surface area contributed by atoms with Gasteiger partial charge in [-0.05, 0) is 31.4 Å². The Morgan fingerprint density at radius 1 is 1.17 bits per heavy atom. The number of pyridine rings is 1. The lowest BCUT2D eigenvalue weighted by atomic mass is 10.2. The van der Waals surface area contributed by atoms with Gasteiger partial charge in [0, 0.05) is 38.0 Å². The second kappa shape index (κ2) is 7.20. The van der Waals surface area contributed by atoms with E-state index in [-0.39, 0.29) is 11.8 Å². The van der Waals surface area contributed by atoms with Gasteiger partial charge in [0.25, 0.3) is 0 Å². The number of hydrogen-bond acceptors (Lipinski definition) is 4. The molecule has 0 spiro atoms. The molecule has 1 aliphatic heterocycles. The summed E-state index contributed by atoms with van der Waals surface area (Å²) in [5, 5.41) is 2.85. The van der Waals surface area contributed by atoms with Crippen molar-refractivity contribution in [3.8, 4) is 0 Å². The zero-order valence-electron chi connectivity index (χ0n) is 14.5. The number of nitrogens with one attached hydrogen (secondary N) is 1. The van der Waals surface area contributed by atoms with E-state index < -0.39 is 0 Å². The van der Waals surface area contributed by atoms with Crippen LogP contribution in [-0.2, 0) is 9.59 Å². The maximum absolute atomic E-state index is 12.2. The van der Waals surface area contributed by atoms with Gasteiger partial charge in [0.1, 0.15) is 5.82 Å². The number of aromatic nitrogens is 1. The Morgan fingerprint density at radius 3 is 2.58 bits per heavy atom. The molecule has 0 aromatic carbocycles. The molecule has 1 saturated carbocycles. The average molecular weight is 330 g/mol. The first kappa shape index (κ1) is 16.7. The van der Waals surface area contributed by atoms with Crippen molar-refractivity contribution in [3.63, 3.8) is 0 Å². The quantitative estimate of drug-likeness (QED) is 0.918. The van der Waals surface area contributed by atoms with Crippen LogP contribution in [0.3, 0.4) is 0 Å². The van der Waals surface area contributed by atoms with Gasteiger partial charge in [-0.25, -0.2) is 4.98 Å². The van der Waals surface area contributed by atoms with Gasteiger partial charge >= 0.3 is 0 Å². The molecular formula is C18H26N4O2. The van der Waals surface area contributed by atoms with Crippen LogP contribution in [0.25, 0.3) is 0 Å². The summed E-state index contributed by atoms with van der Waals surface area (Å²) in [5.41, 5.74) is 0.720. The monoisotopic (exact) mass is 330 g/mol. The van der Waals surface area contributed by atoms with Crippen LogP contribution in [0, 0.1) is 11.8 Å². The third-order valence-electron chi connectivity index (χ3n) is 4.60. The molecule has 24 heavy (non-hydrogen) atoms. The van der Waals surface area contributed by atoms with E-state index in [1.165, 1.54) is 0 Å². The van der Waals surface area contributed by atoms with Crippen LogP contribution in [0.4, 0.5) is 11.5 Å². The molecule has 1 N–H and O–H groups in total. The summed E-state index contributed by atoms with van der Waals surface area (Å²) in [5.74, 6) is 1.46. The van der Waals surface area contributed by atoms with E-state index in [9.17, 15) is 9.59 Å². The summed E-state index contributed by atoms with van der Waals surface area (Å²) < 4.78 is 0. The number of carbonyl (C=O) groups excluding carboxylic acids is 2. The van der Waals surface area contributed by atoms with Gasteiger partial charge in [0.15, 0.2) is 0 Å². The highest BCUT2D eigenvalue weighted by atomic mass is 16.2. The van der Waals surface area contributed by atoms with Crippen molar-refractivity contribution in [1.82, 2.24) is 9.88 Å². The summed E-state index contributed by atoms with van der Waals surface area (Å²) in [6, 6.07) is 3.83. The van der Waals surface area contributed by atoms with E-state index in [0.717, 1.165) is 56.9 Å². The molecule has 6 nitrogen and oxygen atoms in total. The van der Waals surface area contributed by atoms with Gasteiger partial charge in [-0.1, -0.05) is 13.8 Å². The minimum atomic E-state index is -0.0507. The molecule has 130 valence electrons. The van der Waals surface area contributed by atoms with Crippen molar-refractivity contribution >= 4 is 23.3 Å². The average Bonchev–Trinajstić information content (AvgIpc) is 3.41. The van der Waals surface area contributed by atoms with Crippen LogP contribution in [0.1, 0.15) is 33.1 Å². The Hall–Kier alpha value is -2.11. The highest BCUT2D eigenvalue weighted by Crippen LogP contribution is 2.31. The van der Waals surface area contributed by atoms with Crippen molar-refractivity contribution in [1.29, 1.82) is 0 Å². The molecule has 2 heterocycles. The minimum Gasteiger partial charge on any atom is -0.355 e. The van der Waals surface area contributed by atoms with E-state index in [1.807, 2.05) is 30.9 Å². The van der Waals surface area contributed by atoms with Crippen LogP contribution in [0.15, 0.2) is 18.3 Å². The maximum atomic E-state index is 12.2. The Morgan fingerprint density at radius 2 is 1.96 bits per heavy atom. The van der Waals surface area contributed by atoms with Gasteiger partial charge in [-0.2, -0.15) is 0 Å². The van der Waals surface area contributed by atoms with Gasteiger partial charge in [-0.3, -0.25) is 9.59 Å². The Bertz CT molecular complexity index is 596. The molecule has 0 unspecified atom stereocenters. The molecule has 6 heteroatoms. The third kappa shape index (κ3) is 4.04. The minimum absolute atomic E-state index is 0.00597. The number of anilines is 2. The smallest absolute Gasteiger partial charge is 0.226 e. The molecule has 2 fully saturated rings. The first-order valence-electron chi connectivity index (χ1n) is 8.85. The predicted molar refractivity (Wildman–Crippen MR) is 93.8 cm³/mol. The second-order valence-electron chi connectivity index (χ2n) is 6.99. The lowest BCUT2D eigenvalue weighted by molar-refractivity contribution is -0.132. The largest absolute Gasteiger partial charge is 0.355 e. The predicted octanol–water partition coefficient (Wildman–Crippen LogP) is 2.12. The van der Waals surface area contributed by atoms with Crippen molar-refractivity contribution in [3.05, 3.63) is 18.3 Å². The van der Waals surface area contributed by atoms with E-state index in [0.29, 0.717) is 11.8 Å². The summed E-state index contributed by atoms with van der Waals surface area (Å²) in [6.07, 6.45) is 4.79. The molecule has 1 saturated heterocycles. The lowest BCUT2D eigenvalue weighted by Crippen LogP contribution is -2.36. The van der Waals surface area contributed by atoms with Gasteiger partial charge in [0.05, 0.1) is 11.9 Å². The fraction of sp³-hybridized carbons (Fsp3) is 0.611. The van der Waals surface area contributed by atoms with E-state index >= 15 is 0 Å². The number of rotatable bonds is 4. The summed E-state index contributed by atoms with van der Waals surface area (Å²) in [7, 11) is 0. The van der Waals surface area contributed by atoms with Crippen molar-refractivity contribution < 1.29 is 9.59 Å². The summed E-state index contributed by atoms with van der Waals surface area (Å²) in [6.45, 7) is 7.05.